The standard InChI is InChI=1S/C12H8BrNO3/c13-11-5-4-10(17-11)12(16)14-9-3-1-2-8(6-9)7-15/h1-7H,(H,14,16). The van der Waals surface area contributed by atoms with Gasteiger partial charge in [-0.2, -0.15) is 0 Å². The molecule has 1 N–H and O–H groups in total. The van der Waals surface area contributed by atoms with E-state index >= 15 is 0 Å². The first kappa shape index (κ1) is 11.6. The molecule has 0 aliphatic heterocycles. The Balaban J connectivity index is 2.15. The second kappa shape index (κ2) is 4.97. The predicted molar refractivity (Wildman–Crippen MR) is 66.2 cm³/mol. The zero-order chi connectivity index (χ0) is 12.3. The third-order valence-corrected chi connectivity index (χ3v) is 2.50. The van der Waals surface area contributed by atoms with Gasteiger partial charge in [0.2, 0.25) is 0 Å². The first-order valence-corrected chi connectivity index (χ1v) is 5.60. The molecule has 0 unspecified atom stereocenters. The van der Waals surface area contributed by atoms with Crippen molar-refractivity contribution in [1.29, 1.82) is 0 Å². The number of carbonyl (C=O) groups excluding carboxylic acids is 2. The van der Waals surface area contributed by atoms with E-state index < -0.39 is 0 Å². The Morgan fingerprint density at radius 1 is 1.29 bits per heavy atom. The molecule has 86 valence electrons. The van der Waals surface area contributed by atoms with Crippen LogP contribution in [0.3, 0.4) is 0 Å². The molecule has 1 amide bonds. The van der Waals surface area contributed by atoms with Gasteiger partial charge in [-0.05, 0) is 40.2 Å². The van der Waals surface area contributed by atoms with Crippen molar-refractivity contribution in [3.8, 4) is 0 Å². The summed E-state index contributed by atoms with van der Waals surface area (Å²) in [6.45, 7) is 0. The van der Waals surface area contributed by atoms with Crippen molar-refractivity contribution in [3.63, 3.8) is 0 Å². The first-order chi connectivity index (χ1) is 8.19. The van der Waals surface area contributed by atoms with Crippen LogP contribution in [0.15, 0.2) is 45.5 Å². The largest absolute Gasteiger partial charge is 0.444 e. The van der Waals surface area contributed by atoms with Gasteiger partial charge in [-0.15, -0.1) is 0 Å². The van der Waals surface area contributed by atoms with E-state index in [1.54, 1.807) is 36.4 Å². The number of nitrogens with one attached hydrogen (secondary N) is 1. The molecule has 5 heteroatoms. The summed E-state index contributed by atoms with van der Waals surface area (Å²) in [7, 11) is 0. The van der Waals surface area contributed by atoms with Crippen molar-refractivity contribution in [2.45, 2.75) is 0 Å². The van der Waals surface area contributed by atoms with Gasteiger partial charge in [-0.1, -0.05) is 12.1 Å². The average molecular weight is 294 g/mol. The van der Waals surface area contributed by atoms with Gasteiger partial charge < -0.3 is 9.73 Å². The molecule has 0 spiro atoms. The van der Waals surface area contributed by atoms with Gasteiger partial charge in [0, 0.05) is 11.3 Å². The van der Waals surface area contributed by atoms with E-state index in [9.17, 15) is 9.59 Å². The van der Waals surface area contributed by atoms with Gasteiger partial charge >= 0.3 is 0 Å². The summed E-state index contributed by atoms with van der Waals surface area (Å²) in [6, 6.07) is 9.83. The van der Waals surface area contributed by atoms with Gasteiger partial charge in [0.25, 0.3) is 5.91 Å². The summed E-state index contributed by atoms with van der Waals surface area (Å²) in [4.78, 5) is 22.3. The molecule has 0 saturated heterocycles. The Hall–Kier alpha value is -1.88. The Morgan fingerprint density at radius 3 is 2.76 bits per heavy atom. The number of aldehydes is 1. The number of furan rings is 1. The third-order valence-electron chi connectivity index (χ3n) is 2.08. The average Bonchev–Trinajstić information content (AvgIpc) is 2.76. The molecule has 0 aliphatic carbocycles. The molecule has 2 rings (SSSR count). The third kappa shape index (κ3) is 2.82. The van der Waals surface area contributed by atoms with Crippen LogP contribution in [0, 0.1) is 0 Å². The minimum atomic E-state index is -0.362. The summed E-state index contributed by atoms with van der Waals surface area (Å²) in [6.07, 6.45) is 0.721. The topological polar surface area (TPSA) is 59.3 Å². The molecule has 0 aliphatic rings. The van der Waals surface area contributed by atoms with E-state index in [0.29, 0.717) is 15.9 Å². The summed E-state index contributed by atoms with van der Waals surface area (Å²) < 4.78 is 5.60. The van der Waals surface area contributed by atoms with Crippen molar-refractivity contribution in [2.24, 2.45) is 0 Å². The monoisotopic (exact) mass is 293 g/mol. The van der Waals surface area contributed by atoms with Crippen molar-refractivity contribution >= 4 is 33.8 Å². The molecule has 1 aromatic carbocycles. The fraction of sp³-hybridized carbons (Fsp3) is 0. The Kier molecular flexibility index (Phi) is 3.39. The zero-order valence-electron chi connectivity index (χ0n) is 8.64. The van der Waals surface area contributed by atoms with Crippen LogP contribution in [0.25, 0.3) is 0 Å². The molecule has 17 heavy (non-hydrogen) atoms. The number of amides is 1. The zero-order valence-corrected chi connectivity index (χ0v) is 10.2. The molecule has 0 radical (unpaired) electrons. The minimum absolute atomic E-state index is 0.202. The summed E-state index contributed by atoms with van der Waals surface area (Å²) in [5, 5.41) is 2.63. The summed E-state index contributed by atoms with van der Waals surface area (Å²) in [5.74, 6) is -0.160. The highest BCUT2D eigenvalue weighted by Gasteiger charge is 2.10. The van der Waals surface area contributed by atoms with Crippen LogP contribution in [-0.4, -0.2) is 12.2 Å². The smallest absolute Gasteiger partial charge is 0.291 e. The van der Waals surface area contributed by atoms with Crippen LogP contribution >= 0.6 is 15.9 Å². The quantitative estimate of drug-likeness (QED) is 0.885. The van der Waals surface area contributed by atoms with E-state index in [1.165, 1.54) is 0 Å². The molecule has 1 aromatic heterocycles. The van der Waals surface area contributed by atoms with Crippen LogP contribution < -0.4 is 5.32 Å². The molecular weight excluding hydrogens is 286 g/mol. The maximum absolute atomic E-state index is 11.7. The highest BCUT2D eigenvalue weighted by Crippen LogP contribution is 2.16. The van der Waals surface area contributed by atoms with E-state index in [2.05, 4.69) is 21.2 Å². The van der Waals surface area contributed by atoms with Gasteiger partial charge in [-0.3, -0.25) is 9.59 Å². The SMILES string of the molecule is O=Cc1cccc(NC(=O)c2ccc(Br)o2)c1. The van der Waals surface area contributed by atoms with Gasteiger partial charge in [0.1, 0.15) is 6.29 Å². The van der Waals surface area contributed by atoms with E-state index in [4.69, 9.17) is 4.42 Å². The minimum Gasteiger partial charge on any atom is -0.444 e. The maximum Gasteiger partial charge on any atom is 0.291 e. The predicted octanol–water partition coefficient (Wildman–Crippen LogP) is 3.11. The van der Waals surface area contributed by atoms with Crippen molar-refractivity contribution in [1.82, 2.24) is 0 Å². The van der Waals surface area contributed by atoms with Crippen LogP contribution in [0.4, 0.5) is 5.69 Å². The molecule has 2 aromatic rings. The lowest BCUT2D eigenvalue weighted by Crippen LogP contribution is -2.10. The van der Waals surface area contributed by atoms with E-state index in [1.807, 2.05) is 0 Å². The molecule has 4 nitrogen and oxygen atoms in total. The highest BCUT2D eigenvalue weighted by molar-refractivity contribution is 9.10. The van der Waals surface area contributed by atoms with Gasteiger partial charge in [-0.25, -0.2) is 0 Å². The lowest BCUT2D eigenvalue weighted by molar-refractivity contribution is 0.0995. The van der Waals surface area contributed by atoms with Crippen molar-refractivity contribution in [2.75, 3.05) is 5.32 Å². The molecule has 0 saturated carbocycles. The van der Waals surface area contributed by atoms with E-state index in [-0.39, 0.29) is 11.7 Å². The lowest BCUT2D eigenvalue weighted by Gasteiger charge is -2.03. The fourth-order valence-electron chi connectivity index (χ4n) is 1.32. The van der Waals surface area contributed by atoms with Crippen LogP contribution in [0.2, 0.25) is 0 Å². The Bertz CT molecular complexity index is 562. The number of hydrogen-bond donors (Lipinski definition) is 1. The number of hydrogen-bond acceptors (Lipinski definition) is 3. The Morgan fingerprint density at radius 2 is 2.12 bits per heavy atom. The van der Waals surface area contributed by atoms with Crippen LogP contribution in [0.5, 0.6) is 0 Å². The summed E-state index contributed by atoms with van der Waals surface area (Å²) >= 11 is 3.12. The second-order valence-electron chi connectivity index (χ2n) is 3.30. The van der Waals surface area contributed by atoms with Gasteiger partial charge in [0.15, 0.2) is 10.4 Å². The molecular formula is C12H8BrNO3. The second-order valence-corrected chi connectivity index (χ2v) is 4.08. The van der Waals surface area contributed by atoms with Crippen molar-refractivity contribution in [3.05, 3.63) is 52.4 Å². The normalized spacial score (nSPS) is 9.94. The molecule has 0 atom stereocenters. The van der Waals surface area contributed by atoms with Gasteiger partial charge in [0.05, 0.1) is 0 Å². The molecule has 0 bridgehead atoms. The number of halogens is 1. The van der Waals surface area contributed by atoms with Crippen LogP contribution in [-0.2, 0) is 0 Å². The first-order valence-electron chi connectivity index (χ1n) is 4.81. The lowest BCUT2D eigenvalue weighted by atomic mass is 10.2. The molecule has 0 fully saturated rings. The maximum atomic E-state index is 11.7. The Labute approximate surface area is 106 Å². The van der Waals surface area contributed by atoms with Crippen LogP contribution in [0.1, 0.15) is 20.9 Å². The number of anilines is 1. The summed E-state index contributed by atoms with van der Waals surface area (Å²) in [5.41, 5.74) is 1.05. The highest BCUT2D eigenvalue weighted by atomic mass is 79.9. The number of benzene rings is 1. The number of carbonyl (C=O) groups is 2. The van der Waals surface area contributed by atoms with E-state index in [0.717, 1.165) is 6.29 Å². The number of rotatable bonds is 3. The molecule has 1 heterocycles. The fourth-order valence-corrected chi connectivity index (χ4v) is 1.63. The van der Waals surface area contributed by atoms with Crippen molar-refractivity contribution < 1.29 is 14.0 Å².